The summed E-state index contributed by atoms with van der Waals surface area (Å²) in [4.78, 5) is 17.3. The number of imidazole rings is 1. The molecule has 0 fully saturated rings. The van der Waals surface area contributed by atoms with E-state index in [0.717, 1.165) is 46.2 Å². The van der Waals surface area contributed by atoms with Crippen molar-refractivity contribution in [1.82, 2.24) is 29.5 Å². The molecular formula is C22H18N6. The summed E-state index contributed by atoms with van der Waals surface area (Å²) in [6.07, 6.45) is 4.23. The van der Waals surface area contributed by atoms with Gasteiger partial charge in [0.1, 0.15) is 12.2 Å². The van der Waals surface area contributed by atoms with Crippen molar-refractivity contribution in [2.24, 2.45) is 0 Å². The first kappa shape index (κ1) is 16.4. The molecule has 136 valence electrons. The average molecular weight is 366 g/mol. The van der Waals surface area contributed by atoms with Crippen molar-refractivity contribution in [3.8, 4) is 22.6 Å². The number of nitrogens with one attached hydrogen (secondary N) is 1. The van der Waals surface area contributed by atoms with Gasteiger partial charge in [0.25, 0.3) is 0 Å². The lowest BCUT2D eigenvalue weighted by molar-refractivity contribution is 0.961. The largest absolute Gasteiger partial charge is 0.340 e. The molecule has 0 radical (unpaired) electrons. The molecule has 0 aliphatic heterocycles. The van der Waals surface area contributed by atoms with E-state index < -0.39 is 0 Å². The number of hydrogen-bond donors (Lipinski definition) is 1. The fourth-order valence-corrected chi connectivity index (χ4v) is 3.33. The lowest BCUT2D eigenvalue weighted by atomic mass is 10.1. The van der Waals surface area contributed by atoms with Crippen LogP contribution in [0.4, 0.5) is 0 Å². The molecule has 0 saturated heterocycles. The second kappa shape index (κ2) is 6.74. The highest BCUT2D eigenvalue weighted by Crippen LogP contribution is 2.30. The van der Waals surface area contributed by atoms with Gasteiger partial charge in [-0.25, -0.2) is 14.5 Å². The van der Waals surface area contributed by atoms with E-state index in [9.17, 15) is 0 Å². The van der Waals surface area contributed by atoms with Gasteiger partial charge in [-0.3, -0.25) is 4.98 Å². The Hall–Kier alpha value is -3.80. The predicted molar refractivity (Wildman–Crippen MR) is 108 cm³/mol. The SMILES string of the molecule is Cc1cccc(-c2[nH]c(Cc3ccccc3)nc2-c2ccc3ncnn3c2)n1. The van der Waals surface area contributed by atoms with Crippen molar-refractivity contribution in [1.29, 1.82) is 0 Å². The van der Waals surface area contributed by atoms with Gasteiger partial charge in [0.15, 0.2) is 5.65 Å². The maximum atomic E-state index is 4.92. The molecule has 0 amide bonds. The quantitative estimate of drug-likeness (QED) is 0.520. The second-order valence-electron chi connectivity index (χ2n) is 6.71. The van der Waals surface area contributed by atoms with Crippen LogP contribution < -0.4 is 0 Å². The third-order valence-corrected chi connectivity index (χ3v) is 4.66. The Morgan fingerprint density at radius 3 is 2.68 bits per heavy atom. The maximum absolute atomic E-state index is 4.92. The molecule has 0 aliphatic carbocycles. The van der Waals surface area contributed by atoms with Crippen molar-refractivity contribution in [2.45, 2.75) is 13.3 Å². The van der Waals surface area contributed by atoms with E-state index in [2.05, 4.69) is 27.2 Å². The fraction of sp³-hybridized carbons (Fsp3) is 0.0909. The van der Waals surface area contributed by atoms with Crippen molar-refractivity contribution in [3.63, 3.8) is 0 Å². The molecule has 4 aromatic heterocycles. The minimum atomic E-state index is 0.727. The zero-order valence-corrected chi connectivity index (χ0v) is 15.4. The van der Waals surface area contributed by atoms with E-state index in [1.54, 1.807) is 10.8 Å². The number of aromatic amines is 1. The molecule has 28 heavy (non-hydrogen) atoms. The zero-order chi connectivity index (χ0) is 18.9. The van der Waals surface area contributed by atoms with E-state index in [1.807, 2.05) is 61.7 Å². The van der Waals surface area contributed by atoms with Crippen LogP contribution in [-0.4, -0.2) is 29.5 Å². The van der Waals surface area contributed by atoms with Crippen LogP contribution in [0.1, 0.15) is 17.1 Å². The summed E-state index contributed by atoms with van der Waals surface area (Å²) in [5, 5.41) is 4.25. The predicted octanol–water partition coefficient (Wildman–Crippen LogP) is 4.08. The molecule has 0 spiro atoms. The summed E-state index contributed by atoms with van der Waals surface area (Å²) >= 11 is 0. The molecule has 0 aliphatic rings. The zero-order valence-electron chi connectivity index (χ0n) is 15.4. The monoisotopic (exact) mass is 366 g/mol. The van der Waals surface area contributed by atoms with Gasteiger partial charge in [0.2, 0.25) is 0 Å². The Labute approximate surface area is 162 Å². The lowest BCUT2D eigenvalue weighted by Crippen LogP contribution is -1.92. The average Bonchev–Trinajstić information content (AvgIpc) is 3.35. The minimum absolute atomic E-state index is 0.727. The van der Waals surface area contributed by atoms with E-state index >= 15 is 0 Å². The van der Waals surface area contributed by atoms with Gasteiger partial charge in [-0.2, -0.15) is 5.10 Å². The number of fused-ring (bicyclic) bond motifs is 1. The highest BCUT2D eigenvalue weighted by Gasteiger charge is 2.16. The summed E-state index contributed by atoms with van der Waals surface area (Å²) in [5.74, 6) is 0.901. The van der Waals surface area contributed by atoms with Gasteiger partial charge < -0.3 is 4.98 Å². The van der Waals surface area contributed by atoms with Gasteiger partial charge in [0, 0.05) is 23.9 Å². The molecule has 1 N–H and O–H groups in total. The normalized spacial score (nSPS) is 11.2. The van der Waals surface area contributed by atoms with E-state index in [4.69, 9.17) is 9.97 Å². The molecule has 6 heteroatoms. The minimum Gasteiger partial charge on any atom is -0.340 e. The summed E-state index contributed by atoms with van der Waals surface area (Å²) in [6, 6.07) is 20.3. The number of rotatable bonds is 4. The smallest absolute Gasteiger partial charge is 0.155 e. The number of H-pyrrole nitrogens is 1. The van der Waals surface area contributed by atoms with Crippen LogP contribution in [0, 0.1) is 6.92 Å². The molecule has 5 rings (SSSR count). The van der Waals surface area contributed by atoms with Crippen LogP contribution in [-0.2, 0) is 6.42 Å². The van der Waals surface area contributed by atoms with E-state index in [0.29, 0.717) is 0 Å². The summed E-state index contributed by atoms with van der Waals surface area (Å²) in [5.41, 5.74) is 6.59. The topological polar surface area (TPSA) is 71.8 Å². The van der Waals surface area contributed by atoms with Crippen LogP contribution in [0.5, 0.6) is 0 Å². The van der Waals surface area contributed by atoms with Crippen LogP contribution in [0.15, 0.2) is 73.2 Å². The molecule has 4 heterocycles. The summed E-state index contributed by atoms with van der Waals surface area (Å²) in [7, 11) is 0. The lowest BCUT2D eigenvalue weighted by Gasteiger charge is -2.04. The Morgan fingerprint density at radius 2 is 1.82 bits per heavy atom. The Morgan fingerprint density at radius 1 is 0.929 bits per heavy atom. The molecule has 6 nitrogen and oxygen atoms in total. The summed E-state index contributed by atoms with van der Waals surface area (Å²) in [6.45, 7) is 1.99. The Kier molecular flexibility index (Phi) is 3.94. The fourth-order valence-electron chi connectivity index (χ4n) is 3.33. The standard InChI is InChI=1S/C22H18N6/c1-15-6-5-9-18(25-15)22-21(17-10-11-20-23-14-24-28(20)13-17)26-19(27-22)12-16-7-3-2-4-8-16/h2-11,13-14H,12H2,1H3,(H,26,27). The van der Waals surface area contributed by atoms with Gasteiger partial charge in [-0.15, -0.1) is 0 Å². The highest BCUT2D eigenvalue weighted by atomic mass is 15.3. The second-order valence-corrected chi connectivity index (χ2v) is 6.71. The molecule has 1 aromatic carbocycles. The Balaban J connectivity index is 1.64. The van der Waals surface area contributed by atoms with E-state index in [1.165, 1.54) is 5.56 Å². The molecule has 0 bridgehead atoms. The molecule has 0 atom stereocenters. The van der Waals surface area contributed by atoms with Crippen molar-refractivity contribution in [2.75, 3.05) is 0 Å². The maximum Gasteiger partial charge on any atom is 0.155 e. The first-order valence-corrected chi connectivity index (χ1v) is 9.13. The number of benzene rings is 1. The van der Waals surface area contributed by atoms with Crippen LogP contribution in [0.2, 0.25) is 0 Å². The first-order valence-electron chi connectivity index (χ1n) is 9.13. The highest BCUT2D eigenvalue weighted by molar-refractivity contribution is 5.77. The van der Waals surface area contributed by atoms with E-state index in [-0.39, 0.29) is 0 Å². The third-order valence-electron chi connectivity index (χ3n) is 4.66. The number of aryl methyl sites for hydroxylation is 1. The molecule has 0 unspecified atom stereocenters. The van der Waals surface area contributed by atoms with Crippen molar-refractivity contribution in [3.05, 3.63) is 90.3 Å². The van der Waals surface area contributed by atoms with Gasteiger partial charge in [-0.05, 0) is 36.8 Å². The Bertz CT molecular complexity index is 1250. The van der Waals surface area contributed by atoms with Crippen LogP contribution in [0.3, 0.4) is 0 Å². The van der Waals surface area contributed by atoms with Crippen LogP contribution in [0.25, 0.3) is 28.3 Å². The molecule has 5 aromatic rings. The summed E-state index contributed by atoms with van der Waals surface area (Å²) < 4.78 is 1.76. The molecular weight excluding hydrogens is 348 g/mol. The molecule has 0 saturated carbocycles. The number of nitrogens with zero attached hydrogens (tertiary/aromatic N) is 5. The van der Waals surface area contributed by atoms with Crippen molar-refractivity contribution < 1.29 is 0 Å². The number of hydrogen-bond acceptors (Lipinski definition) is 4. The van der Waals surface area contributed by atoms with Gasteiger partial charge in [0.05, 0.1) is 17.1 Å². The van der Waals surface area contributed by atoms with Gasteiger partial charge >= 0.3 is 0 Å². The van der Waals surface area contributed by atoms with Gasteiger partial charge in [-0.1, -0.05) is 36.4 Å². The third kappa shape index (κ3) is 3.05. The first-order chi connectivity index (χ1) is 13.8. The van der Waals surface area contributed by atoms with Crippen LogP contribution >= 0.6 is 0 Å². The van der Waals surface area contributed by atoms with Crippen molar-refractivity contribution >= 4 is 5.65 Å². The number of pyridine rings is 2. The number of aromatic nitrogens is 6.